The quantitative estimate of drug-likeness (QED) is 0.623. The fourth-order valence-corrected chi connectivity index (χ4v) is 1.98. The first-order valence-corrected chi connectivity index (χ1v) is 4.76. The summed E-state index contributed by atoms with van der Waals surface area (Å²) in [6.07, 6.45) is 0. The average molecular weight is 230 g/mol. The Balaban J connectivity index is 3.00. The summed E-state index contributed by atoms with van der Waals surface area (Å²) in [6, 6.07) is 4.54. The van der Waals surface area contributed by atoms with Crippen molar-refractivity contribution in [2.75, 3.05) is 0 Å². The molecule has 0 radical (unpaired) electrons. The lowest BCUT2D eigenvalue weighted by Gasteiger charge is -2.04. The van der Waals surface area contributed by atoms with Crippen molar-refractivity contribution >= 4 is 34.1 Å². The summed E-state index contributed by atoms with van der Waals surface area (Å²) >= 11 is 11.6. The first-order chi connectivity index (χ1) is 6.59. The highest BCUT2D eigenvalue weighted by atomic mass is 35.5. The van der Waals surface area contributed by atoms with E-state index in [1.807, 2.05) is 6.92 Å². The minimum absolute atomic E-state index is 0.201. The molecule has 0 N–H and O–H groups in total. The molecule has 0 spiro atoms. The largest absolute Gasteiger partial charge is 0.233 e. The summed E-state index contributed by atoms with van der Waals surface area (Å²) in [5.74, 6) is -0.407. The van der Waals surface area contributed by atoms with Gasteiger partial charge in [-0.15, -0.1) is 0 Å². The number of benzene rings is 1. The van der Waals surface area contributed by atoms with E-state index in [0.29, 0.717) is 10.4 Å². The maximum absolute atomic E-state index is 13.3. The van der Waals surface area contributed by atoms with Gasteiger partial charge in [-0.1, -0.05) is 29.3 Å². The Labute approximate surface area is 90.5 Å². The zero-order chi connectivity index (χ0) is 10.3. The van der Waals surface area contributed by atoms with E-state index >= 15 is 0 Å². The molecule has 1 heterocycles. The summed E-state index contributed by atoms with van der Waals surface area (Å²) in [7, 11) is 0. The molecule has 0 aliphatic heterocycles. The van der Waals surface area contributed by atoms with Crippen LogP contribution in [-0.2, 0) is 0 Å². The first kappa shape index (κ1) is 9.69. The summed E-state index contributed by atoms with van der Waals surface area (Å²) in [6.45, 7) is 1.85. The molecule has 0 atom stereocenters. The summed E-state index contributed by atoms with van der Waals surface area (Å²) < 4.78 is 13.3. The van der Waals surface area contributed by atoms with Gasteiger partial charge >= 0.3 is 0 Å². The summed E-state index contributed by atoms with van der Waals surface area (Å²) in [5, 5.41) is 1.25. The number of halogens is 3. The number of rotatable bonds is 0. The van der Waals surface area contributed by atoms with Gasteiger partial charge in [-0.25, -0.2) is 9.37 Å². The van der Waals surface area contributed by atoms with Crippen molar-refractivity contribution in [2.24, 2.45) is 0 Å². The lowest BCUT2D eigenvalue weighted by Crippen LogP contribution is -1.89. The van der Waals surface area contributed by atoms with Crippen LogP contribution in [0, 0.1) is 12.7 Å². The van der Waals surface area contributed by atoms with Crippen LogP contribution in [0.3, 0.4) is 0 Å². The predicted molar refractivity (Wildman–Crippen MR) is 56.5 cm³/mol. The molecule has 1 aromatic carbocycles. The van der Waals surface area contributed by atoms with E-state index in [0.717, 1.165) is 5.56 Å². The van der Waals surface area contributed by atoms with Gasteiger partial charge in [0.2, 0.25) is 0 Å². The van der Waals surface area contributed by atoms with E-state index in [1.54, 1.807) is 6.07 Å². The molecule has 14 heavy (non-hydrogen) atoms. The molecule has 2 rings (SSSR count). The minimum atomic E-state index is -0.407. The average Bonchev–Trinajstić information content (AvgIpc) is 2.10. The fourth-order valence-electron chi connectivity index (χ4n) is 1.39. The third-order valence-corrected chi connectivity index (χ3v) is 2.53. The number of nitrogens with zero attached hydrogens (tertiary/aromatic N) is 1. The van der Waals surface area contributed by atoms with Gasteiger partial charge in [-0.2, -0.15) is 0 Å². The molecule has 2 aromatic rings. The van der Waals surface area contributed by atoms with Crippen molar-refractivity contribution in [1.82, 2.24) is 4.98 Å². The van der Waals surface area contributed by atoms with Crippen LogP contribution >= 0.6 is 23.2 Å². The van der Waals surface area contributed by atoms with Gasteiger partial charge in [-0.3, -0.25) is 0 Å². The van der Waals surface area contributed by atoms with Gasteiger partial charge in [-0.05, 0) is 24.6 Å². The number of aryl methyl sites for hydroxylation is 1. The zero-order valence-electron chi connectivity index (χ0n) is 7.31. The van der Waals surface area contributed by atoms with Crippen molar-refractivity contribution in [3.63, 3.8) is 0 Å². The third kappa shape index (κ3) is 1.45. The highest BCUT2D eigenvalue weighted by Crippen LogP contribution is 2.29. The molecule has 0 saturated heterocycles. The van der Waals surface area contributed by atoms with Gasteiger partial charge in [0.25, 0.3) is 0 Å². The van der Waals surface area contributed by atoms with Gasteiger partial charge in [0.05, 0.1) is 5.02 Å². The predicted octanol–water partition coefficient (Wildman–Crippen LogP) is 3.99. The molecule has 1 aromatic heterocycles. The second-order valence-corrected chi connectivity index (χ2v) is 3.81. The summed E-state index contributed by atoms with van der Waals surface area (Å²) in [5.41, 5.74) is 1.11. The molecule has 0 aliphatic carbocycles. The molecule has 4 heteroatoms. The van der Waals surface area contributed by atoms with Crippen molar-refractivity contribution in [3.05, 3.63) is 39.8 Å². The molecular weight excluding hydrogens is 224 g/mol. The normalized spacial score (nSPS) is 10.9. The number of hydrogen-bond donors (Lipinski definition) is 0. The SMILES string of the molecule is Cc1ccc(F)c2nc(Cl)cc(Cl)c12. The van der Waals surface area contributed by atoms with Crippen LogP contribution in [0.4, 0.5) is 4.39 Å². The Morgan fingerprint density at radius 3 is 2.71 bits per heavy atom. The molecular formula is C10H6Cl2FN. The van der Waals surface area contributed by atoms with Crippen molar-refractivity contribution < 1.29 is 4.39 Å². The lowest BCUT2D eigenvalue weighted by molar-refractivity contribution is 0.636. The molecule has 0 fully saturated rings. The molecule has 0 amide bonds. The van der Waals surface area contributed by atoms with Gasteiger partial charge in [0.15, 0.2) is 0 Å². The first-order valence-electron chi connectivity index (χ1n) is 4.00. The molecule has 0 aliphatic rings. The van der Waals surface area contributed by atoms with Gasteiger partial charge in [0, 0.05) is 5.39 Å². The summed E-state index contributed by atoms with van der Waals surface area (Å²) in [4.78, 5) is 3.90. The highest BCUT2D eigenvalue weighted by Gasteiger charge is 2.09. The molecule has 0 saturated carbocycles. The Hall–Kier alpha value is -0.860. The number of fused-ring (bicyclic) bond motifs is 1. The number of hydrogen-bond acceptors (Lipinski definition) is 1. The lowest BCUT2D eigenvalue weighted by atomic mass is 10.1. The zero-order valence-corrected chi connectivity index (χ0v) is 8.83. The fraction of sp³-hybridized carbons (Fsp3) is 0.100. The van der Waals surface area contributed by atoms with Crippen LogP contribution in [0.25, 0.3) is 10.9 Å². The third-order valence-electron chi connectivity index (χ3n) is 2.04. The van der Waals surface area contributed by atoms with E-state index in [9.17, 15) is 4.39 Å². The standard InChI is InChI=1S/C10H6Cl2FN/c1-5-2-3-7(13)10-9(5)6(11)4-8(12)14-10/h2-4H,1H3. The highest BCUT2D eigenvalue weighted by molar-refractivity contribution is 6.38. The maximum atomic E-state index is 13.3. The van der Waals surface area contributed by atoms with Gasteiger partial charge < -0.3 is 0 Å². The van der Waals surface area contributed by atoms with Crippen LogP contribution in [0.1, 0.15) is 5.56 Å². The smallest absolute Gasteiger partial charge is 0.149 e. The molecule has 0 unspecified atom stereocenters. The molecule has 1 nitrogen and oxygen atoms in total. The van der Waals surface area contributed by atoms with E-state index in [1.165, 1.54) is 12.1 Å². The Morgan fingerprint density at radius 1 is 1.29 bits per heavy atom. The topological polar surface area (TPSA) is 12.9 Å². The Kier molecular flexibility index (Phi) is 2.33. The monoisotopic (exact) mass is 229 g/mol. The second kappa shape index (κ2) is 3.37. The number of pyridine rings is 1. The van der Waals surface area contributed by atoms with Gasteiger partial charge in [0.1, 0.15) is 16.5 Å². The minimum Gasteiger partial charge on any atom is -0.233 e. The van der Waals surface area contributed by atoms with Crippen molar-refractivity contribution in [2.45, 2.75) is 6.92 Å². The maximum Gasteiger partial charge on any atom is 0.149 e. The van der Waals surface area contributed by atoms with Crippen LogP contribution in [0.5, 0.6) is 0 Å². The molecule has 72 valence electrons. The van der Waals surface area contributed by atoms with E-state index in [4.69, 9.17) is 23.2 Å². The van der Waals surface area contributed by atoms with Crippen LogP contribution in [-0.4, -0.2) is 4.98 Å². The molecule has 0 bridgehead atoms. The Morgan fingerprint density at radius 2 is 2.00 bits per heavy atom. The van der Waals surface area contributed by atoms with E-state index in [-0.39, 0.29) is 10.7 Å². The van der Waals surface area contributed by atoms with Crippen LogP contribution < -0.4 is 0 Å². The van der Waals surface area contributed by atoms with Crippen LogP contribution in [0.15, 0.2) is 18.2 Å². The van der Waals surface area contributed by atoms with Crippen molar-refractivity contribution in [3.8, 4) is 0 Å². The van der Waals surface area contributed by atoms with E-state index in [2.05, 4.69) is 4.98 Å². The Bertz CT molecular complexity index is 511. The second-order valence-electron chi connectivity index (χ2n) is 3.01. The van der Waals surface area contributed by atoms with Crippen molar-refractivity contribution in [1.29, 1.82) is 0 Å². The van der Waals surface area contributed by atoms with E-state index < -0.39 is 5.82 Å². The van der Waals surface area contributed by atoms with Crippen LogP contribution in [0.2, 0.25) is 10.2 Å². The number of aromatic nitrogens is 1.